The van der Waals surface area contributed by atoms with Gasteiger partial charge in [0, 0.05) is 12.0 Å². The second-order valence-corrected chi connectivity index (χ2v) is 4.39. The van der Waals surface area contributed by atoms with Gasteiger partial charge in [-0.25, -0.2) is 0 Å². The molecule has 0 heterocycles. The van der Waals surface area contributed by atoms with Crippen LogP contribution >= 0.6 is 0 Å². The van der Waals surface area contributed by atoms with Crippen LogP contribution in [0.25, 0.3) is 0 Å². The lowest BCUT2D eigenvalue weighted by Gasteiger charge is -2.10. The minimum Gasteiger partial charge on any atom is -0.493 e. The molecule has 1 rings (SSSR count). The van der Waals surface area contributed by atoms with Crippen LogP contribution in [-0.2, 0) is 4.79 Å². The molecule has 4 nitrogen and oxygen atoms in total. The number of carbonyl (C=O) groups is 2. The van der Waals surface area contributed by atoms with E-state index in [1.54, 1.807) is 32.2 Å². The van der Waals surface area contributed by atoms with Gasteiger partial charge >= 0.3 is 0 Å². The van der Waals surface area contributed by atoms with E-state index in [1.165, 1.54) is 0 Å². The lowest BCUT2D eigenvalue weighted by atomic mass is 10.1. The second kappa shape index (κ2) is 8.29. The monoisotopic (exact) mass is 264 g/mol. The Hall–Kier alpha value is -1.84. The molecule has 0 aliphatic carbocycles. The SMILES string of the molecule is COc1cc(C=O)ccc1OCCCCCC(C)=O. The summed E-state index contributed by atoms with van der Waals surface area (Å²) in [6, 6.07) is 5.08. The van der Waals surface area contributed by atoms with Crippen LogP contribution in [0.3, 0.4) is 0 Å². The van der Waals surface area contributed by atoms with Crippen molar-refractivity contribution in [1.29, 1.82) is 0 Å². The maximum atomic E-state index is 10.8. The van der Waals surface area contributed by atoms with Crippen LogP contribution in [0.1, 0.15) is 43.0 Å². The molecular weight excluding hydrogens is 244 g/mol. The number of unbranched alkanes of at least 4 members (excludes halogenated alkanes) is 2. The molecule has 0 atom stereocenters. The minimum atomic E-state index is 0.229. The van der Waals surface area contributed by atoms with Gasteiger partial charge in [-0.2, -0.15) is 0 Å². The van der Waals surface area contributed by atoms with E-state index in [9.17, 15) is 9.59 Å². The Balaban J connectivity index is 2.36. The fraction of sp³-hybridized carbons (Fsp3) is 0.467. The van der Waals surface area contributed by atoms with Crippen LogP contribution in [-0.4, -0.2) is 25.8 Å². The van der Waals surface area contributed by atoms with Gasteiger partial charge in [-0.15, -0.1) is 0 Å². The summed E-state index contributed by atoms with van der Waals surface area (Å²) in [4.78, 5) is 21.4. The third-order valence-electron chi connectivity index (χ3n) is 2.75. The number of benzene rings is 1. The molecule has 1 aromatic rings. The Labute approximate surface area is 113 Å². The molecule has 0 bridgehead atoms. The molecule has 1 aromatic carbocycles. The maximum Gasteiger partial charge on any atom is 0.161 e. The Morgan fingerprint density at radius 1 is 1.21 bits per heavy atom. The zero-order chi connectivity index (χ0) is 14.1. The normalized spacial score (nSPS) is 10.0. The van der Waals surface area contributed by atoms with Crippen molar-refractivity contribution < 1.29 is 19.1 Å². The smallest absolute Gasteiger partial charge is 0.161 e. The van der Waals surface area contributed by atoms with Crippen molar-refractivity contribution in [3.63, 3.8) is 0 Å². The van der Waals surface area contributed by atoms with Gasteiger partial charge in [0.15, 0.2) is 11.5 Å². The molecule has 0 unspecified atom stereocenters. The van der Waals surface area contributed by atoms with E-state index < -0.39 is 0 Å². The van der Waals surface area contributed by atoms with Crippen LogP contribution in [0, 0.1) is 0 Å². The number of carbonyl (C=O) groups excluding carboxylic acids is 2. The van der Waals surface area contributed by atoms with Crippen LogP contribution < -0.4 is 9.47 Å². The largest absolute Gasteiger partial charge is 0.493 e. The summed E-state index contributed by atoms with van der Waals surface area (Å²) in [5, 5.41) is 0. The highest BCUT2D eigenvalue weighted by Crippen LogP contribution is 2.27. The first-order valence-corrected chi connectivity index (χ1v) is 6.43. The standard InChI is InChI=1S/C15H20O4/c1-12(17)6-4-3-5-9-19-14-8-7-13(11-16)10-15(14)18-2/h7-8,10-11H,3-6,9H2,1-2H3. The molecule has 4 heteroatoms. The van der Waals surface area contributed by atoms with Gasteiger partial charge in [-0.1, -0.05) is 0 Å². The number of hydrogen-bond acceptors (Lipinski definition) is 4. The quantitative estimate of drug-likeness (QED) is 0.508. The third-order valence-corrected chi connectivity index (χ3v) is 2.75. The van der Waals surface area contributed by atoms with Crippen LogP contribution in [0.5, 0.6) is 11.5 Å². The number of Topliss-reactive ketones (excluding diaryl/α,β-unsaturated/α-hetero) is 1. The summed E-state index contributed by atoms with van der Waals surface area (Å²) in [5.74, 6) is 1.43. The fourth-order valence-corrected chi connectivity index (χ4v) is 1.71. The highest BCUT2D eigenvalue weighted by molar-refractivity contribution is 5.76. The van der Waals surface area contributed by atoms with Crippen LogP contribution in [0.4, 0.5) is 0 Å². The van der Waals surface area contributed by atoms with Gasteiger partial charge in [0.1, 0.15) is 12.1 Å². The molecular formula is C15H20O4. The lowest BCUT2D eigenvalue weighted by molar-refractivity contribution is -0.117. The average Bonchev–Trinajstić information content (AvgIpc) is 2.42. The predicted octanol–water partition coefficient (Wildman–Crippen LogP) is 3.04. The van der Waals surface area contributed by atoms with Crippen molar-refractivity contribution >= 4 is 12.1 Å². The number of hydrogen-bond donors (Lipinski definition) is 0. The first-order chi connectivity index (χ1) is 9.17. The second-order valence-electron chi connectivity index (χ2n) is 4.39. The zero-order valence-corrected chi connectivity index (χ0v) is 11.5. The third kappa shape index (κ3) is 5.55. The number of ether oxygens (including phenoxy) is 2. The van der Waals surface area contributed by atoms with E-state index >= 15 is 0 Å². The van der Waals surface area contributed by atoms with E-state index in [4.69, 9.17) is 9.47 Å². The molecule has 104 valence electrons. The van der Waals surface area contributed by atoms with E-state index in [1.807, 2.05) is 0 Å². The van der Waals surface area contributed by atoms with Gasteiger partial charge in [0.2, 0.25) is 0 Å². The van der Waals surface area contributed by atoms with Gasteiger partial charge in [0.25, 0.3) is 0 Å². The van der Waals surface area contributed by atoms with Crippen molar-refractivity contribution in [2.45, 2.75) is 32.6 Å². The summed E-state index contributed by atoms with van der Waals surface area (Å²) in [7, 11) is 1.55. The Morgan fingerprint density at radius 2 is 2.00 bits per heavy atom. The topological polar surface area (TPSA) is 52.6 Å². The molecule has 0 saturated heterocycles. The van der Waals surface area contributed by atoms with E-state index in [-0.39, 0.29) is 5.78 Å². The lowest BCUT2D eigenvalue weighted by Crippen LogP contribution is -2.00. The van der Waals surface area contributed by atoms with E-state index in [0.29, 0.717) is 30.1 Å². The van der Waals surface area contributed by atoms with Gasteiger partial charge < -0.3 is 14.3 Å². The average molecular weight is 264 g/mol. The van der Waals surface area contributed by atoms with Crippen molar-refractivity contribution in [2.24, 2.45) is 0 Å². The van der Waals surface area contributed by atoms with Gasteiger partial charge in [0.05, 0.1) is 13.7 Å². The molecule has 0 aliphatic rings. The van der Waals surface area contributed by atoms with Crippen molar-refractivity contribution in [3.05, 3.63) is 23.8 Å². The van der Waals surface area contributed by atoms with Crippen molar-refractivity contribution in [3.8, 4) is 11.5 Å². The van der Waals surface area contributed by atoms with E-state index in [2.05, 4.69) is 0 Å². The maximum absolute atomic E-state index is 10.8. The van der Waals surface area contributed by atoms with Gasteiger partial charge in [-0.3, -0.25) is 4.79 Å². The Morgan fingerprint density at radius 3 is 2.63 bits per heavy atom. The molecule has 0 N–H and O–H groups in total. The number of ketones is 1. The molecule has 0 fully saturated rings. The molecule has 0 saturated carbocycles. The number of rotatable bonds is 9. The van der Waals surface area contributed by atoms with Crippen LogP contribution in [0.2, 0.25) is 0 Å². The molecule has 0 radical (unpaired) electrons. The molecule has 0 spiro atoms. The zero-order valence-electron chi connectivity index (χ0n) is 11.5. The first-order valence-electron chi connectivity index (χ1n) is 6.43. The summed E-state index contributed by atoms with van der Waals surface area (Å²) in [6.45, 7) is 2.19. The van der Waals surface area contributed by atoms with Crippen molar-refractivity contribution in [1.82, 2.24) is 0 Å². The first kappa shape index (κ1) is 15.2. The van der Waals surface area contributed by atoms with Crippen LogP contribution in [0.15, 0.2) is 18.2 Å². The highest BCUT2D eigenvalue weighted by atomic mass is 16.5. The minimum absolute atomic E-state index is 0.229. The summed E-state index contributed by atoms with van der Waals surface area (Å²) < 4.78 is 10.8. The highest BCUT2D eigenvalue weighted by Gasteiger charge is 2.05. The Bertz CT molecular complexity index is 426. The number of aldehydes is 1. The number of methoxy groups -OCH3 is 1. The molecule has 19 heavy (non-hydrogen) atoms. The Kier molecular flexibility index (Phi) is 6.64. The summed E-state index contributed by atoms with van der Waals surface area (Å²) in [6.07, 6.45) is 4.17. The van der Waals surface area contributed by atoms with E-state index in [0.717, 1.165) is 25.5 Å². The fourth-order valence-electron chi connectivity index (χ4n) is 1.71. The molecule has 0 amide bonds. The summed E-state index contributed by atoms with van der Waals surface area (Å²) >= 11 is 0. The molecule has 0 aromatic heterocycles. The van der Waals surface area contributed by atoms with Gasteiger partial charge in [-0.05, 0) is 44.4 Å². The molecule has 0 aliphatic heterocycles. The van der Waals surface area contributed by atoms with Crippen molar-refractivity contribution in [2.75, 3.05) is 13.7 Å². The summed E-state index contributed by atoms with van der Waals surface area (Å²) in [5.41, 5.74) is 0.561. The predicted molar refractivity (Wildman–Crippen MR) is 73.0 cm³/mol.